The predicted molar refractivity (Wildman–Crippen MR) is 127 cm³/mol. The first-order chi connectivity index (χ1) is 14.8. The molecular formula is C23H19Br2ClN2O3. The second-order valence-corrected chi connectivity index (χ2v) is 11.0. The number of aryl methyl sites for hydroxylation is 1. The highest BCUT2D eigenvalue weighted by atomic mass is 79.9. The van der Waals surface area contributed by atoms with Gasteiger partial charge in [0.25, 0.3) is 5.91 Å². The van der Waals surface area contributed by atoms with Gasteiger partial charge in [0.2, 0.25) is 11.8 Å². The van der Waals surface area contributed by atoms with Gasteiger partial charge in [0.1, 0.15) is 0 Å². The monoisotopic (exact) mass is 564 g/mol. The van der Waals surface area contributed by atoms with Gasteiger partial charge in [-0.3, -0.25) is 19.3 Å². The summed E-state index contributed by atoms with van der Waals surface area (Å²) < 4.78 is 0. The molecule has 2 aromatic carbocycles. The number of rotatable bonds is 3. The number of nitrogens with zero attached hydrogens (tertiary/aromatic N) is 1. The Morgan fingerprint density at radius 2 is 1.58 bits per heavy atom. The molecule has 2 aromatic rings. The molecule has 1 N–H and O–H groups in total. The van der Waals surface area contributed by atoms with E-state index in [4.69, 9.17) is 11.6 Å². The number of benzene rings is 2. The van der Waals surface area contributed by atoms with Gasteiger partial charge in [-0.25, -0.2) is 0 Å². The molecule has 3 aliphatic rings. The van der Waals surface area contributed by atoms with E-state index in [1.165, 1.54) is 4.90 Å². The molecule has 0 aromatic heterocycles. The number of carbonyl (C=O) groups excluding carboxylic acids is 3. The molecular weight excluding hydrogens is 548 g/mol. The fraction of sp³-hybridized carbons (Fsp3) is 0.348. The van der Waals surface area contributed by atoms with Crippen molar-refractivity contribution in [3.05, 3.63) is 58.6 Å². The van der Waals surface area contributed by atoms with Gasteiger partial charge in [0.05, 0.1) is 17.5 Å². The number of hydrogen-bond acceptors (Lipinski definition) is 3. The van der Waals surface area contributed by atoms with Crippen LogP contribution in [0, 0.1) is 30.6 Å². The smallest absolute Gasteiger partial charge is 0.255 e. The molecule has 3 fully saturated rings. The predicted octanol–water partition coefficient (Wildman–Crippen LogP) is 5.18. The molecule has 5 rings (SSSR count). The summed E-state index contributed by atoms with van der Waals surface area (Å²) in [6, 6.07) is 11.9. The van der Waals surface area contributed by atoms with Crippen LogP contribution in [0.1, 0.15) is 22.3 Å². The summed E-state index contributed by atoms with van der Waals surface area (Å²) in [5.74, 6) is -0.709. The fourth-order valence-corrected chi connectivity index (χ4v) is 7.33. The van der Waals surface area contributed by atoms with Gasteiger partial charge in [-0.15, -0.1) is 0 Å². The van der Waals surface area contributed by atoms with Crippen molar-refractivity contribution in [1.29, 1.82) is 0 Å². The van der Waals surface area contributed by atoms with Gasteiger partial charge in [-0.05, 0) is 67.1 Å². The first-order valence-corrected chi connectivity index (χ1v) is 12.3. The van der Waals surface area contributed by atoms with Gasteiger partial charge in [0.15, 0.2) is 0 Å². The zero-order chi connectivity index (χ0) is 22.0. The molecule has 6 atom stereocenters. The van der Waals surface area contributed by atoms with Crippen LogP contribution in [0.25, 0.3) is 0 Å². The number of amides is 3. The first kappa shape index (κ1) is 21.2. The third kappa shape index (κ3) is 3.28. The van der Waals surface area contributed by atoms with Crippen molar-refractivity contribution in [2.24, 2.45) is 23.7 Å². The molecule has 5 nitrogen and oxygen atoms in total. The van der Waals surface area contributed by atoms with E-state index in [0.717, 1.165) is 12.0 Å². The van der Waals surface area contributed by atoms with E-state index in [-0.39, 0.29) is 51.0 Å². The second-order valence-electron chi connectivity index (χ2n) is 8.48. The standard InChI is InChI=1S/C23H19Br2ClN2O3/c1-10-2-5-12(26)8-16(10)27-21(29)11-3-6-13(7-4-11)28-22(30)17-14-9-15(18(17)23(28)31)20(25)19(14)24/h2-8,14-15,17-20H,9H2,1H3,(H,27,29)/t14-,15-,17-,18-,19-,20+/m1/s1. The second kappa shape index (κ2) is 7.71. The largest absolute Gasteiger partial charge is 0.322 e. The number of anilines is 2. The van der Waals surface area contributed by atoms with Crippen LogP contribution < -0.4 is 10.2 Å². The Morgan fingerprint density at radius 1 is 1.00 bits per heavy atom. The average Bonchev–Trinajstić information content (AvgIpc) is 3.36. The number of imide groups is 1. The maximum absolute atomic E-state index is 13.1. The molecule has 1 saturated heterocycles. The van der Waals surface area contributed by atoms with E-state index in [1.807, 2.05) is 13.0 Å². The third-order valence-electron chi connectivity index (χ3n) is 6.82. The first-order valence-electron chi connectivity index (χ1n) is 10.1. The normalized spacial score (nSPS) is 31.3. The Morgan fingerprint density at radius 3 is 2.16 bits per heavy atom. The van der Waals surface area contributed by atoms with Gasteiger partial charge in [-0.2, -0.15) is 0 Å². The highest BCUT2D eigenvalue weighted by Gasteiger charge is 2.66. The topological polar surface area (TPSA) is 66.5 Å². The van der Waals surface area contributed by atoms with Crippen LogP contribution in [-0.4, -0.2) is 27.4 Å². The van der Waals surface area contributed by atoms with Crippen molar-refractivity contribution < 1.29 is 14.4 Å². The maximum Gasteiger partial charge on any atom is 0.255 e. The highest BCUT2D eigenvalue weighted by molar-refractivity contribution is 9.12. The van der Waals surface area contributed by atoms with Crippen molar-refractivity contribution in [2.75, 3.05) is 10.2 Å². The minimum atomic E-state index is -0.282. The quantitative estimate of drug-likeness (QED) is 0.411. The summed E-state index contributed by atoms with van der Waals surface area (Å²) in [7, 11) is 0. The number of alkyl halides is 2. The Hall–Kier alpha value is -1.70. The van der Waals surface area contributed by atoms with E-state index >= 15 is 0 Å². The molecule has 0 radical (unpaired) electrons. The van der Waals surface area contributed by atoms with Gasteiger partial charge in [0, 0.05) is 25.9 Å². The third-order valence-corrected chi connectivity index (χ3v) is 10.3. The SMILES string of the molecule is Cc1ccc(Cl)cc1NC(=O)c1ccc(N2C(=O)[C@@H]3[C@H]4C[C@@H]([C@@H](Br)[C@H]4Br)[C@H]3C2=O)cc1. The summed E-state index contributed by atoms with van der Waals surface area (Å²) in [6.45, 7) is 1.89. The lowest BCUT2D eigenvalue weighted by Gasteiger charge is -2.28. The fourth-order valence-electron chi connectivity index (χ4n) is 5.29. The van der Waals surface area contributed by atoms with Gasteiger partial charge >= 0.3 is 0 Å². The van der Waals surface area contributed by atoms with Crippen LogP contribution in [0.15, 0.2) is 42.5 Å². The Kier molecular flexibility index (Phi) is 5.26. The van der Waals surface area contributed by atoms with E-state index in [0.29, 0.717) is 22.0 Å². The van der Waals surface area contributed by atoms with Crippen molar-refractivity contribution in [3.8, 4) is 0 Å². The van der Waals surface area contributed by atoms with Crippen molar-refractivity contribution >= 4 is 72.6 Å². The molecule has 31 heavy (non-hydrogen) atoms. The van der Waals surface area contributed by atoms with Crippen LogP contribution in [0.5, 0.6) is 0 Å². The number of nitrogens with one attached hydrogen (secondary N) is 1. The number of fused-ring (bicyclic) bond motifs is 5. The molecule has 3 amide bonds. The van der Waals surface area contributed by atoms with Crippen molar-refractivity contribution in [3.63, 3.8) is 0 Å². The zero-order valence-corrected chi connectivity index (χ0v) is 20.4. The van der Waals surface area contributed by atoms with Crippen molar-refractivity contribution in [1.82, 2.24) is 0 Å². The zero-order valence-electron chi connectivity index (χ0n) is 16.5. The van der Waals surface area contributed by atoms with Gasteiger partial charge in [-0.1, -0.05) is 49.5 Å². The average molecular weight is 567 g/mol. The highest BCUT2D eigenvalue weighted by Crippen LogP contribution is 2.60. The molecule has 2 saturated carbocycles. The lowest BCUT2D eigenvalue weighted by molar-refractivity contribution is -0.123. The lowest BCUT2D eigenvalue weighted by Crippen LogP contribution is -2.37. The lowest BCUT2D eigenvalue weighted by atomic mass is 9.81. The Labute approximate surface area is 201 Å². The van der Waals surface area contributed by atoms with E-state index < -0.39 is 0 Å². The number of halogens is 3. The van der Waals surface area contributed by atoms with Crippen LogP contribution in [0.4, 0.5) is 11.4 Å². The van der Waals surface area contributed by atoms with E-state index in [1.54, 1.807) is 36.4 Å². The molecule has 0 unspecified atom stereocenters. The van der Waals surface area contributed by atoms with Gasteiger partial charge < -0.3 is 5.32 Å². The summed E-state index contributed by atoms with van der Waals surface area (Å²) >= 11 is 13.4. The minimum absolute atomic E-state index is 0.127. The Balaban J connectivity index is 1.36. The van der Waals surface area contributed by atoms with Crippen LogP contribution in [0.3, 0.4) is 0 Å². The molecule has 2 aliphatic carbocycles. The summed E-state index contributed by atoms with van der Waals surface area (Å²) in [5, 5.41) is 3.39. The van der Waals surface area contributed by atoms with Crippen LogP contribution in [0.2, 0.25) is 5.02 Å². The molecule has 1 aliphatic heterocycles. The summed E-state index contributed by atoms with van der Waals surface area (Å²) in [4.78, 5) is 40.7. The molecule has 0 spiro atoms. The van der Waals surface area contributed by atoms with Crippen LogP contribution in [-0.2, 0) is 9.59 Å². The molecule has 1 heterocycles. The Bertz CT molecular complexity index is 1070. The minimum Gasteiger partial charge on any atom is -0.322 e. The summed E-state index contributed by atoms with van der Waals surface area (Å²) in [5.41, 5.74) is 2.49. The number of carbonyl (C=O) groups is 3. The van der Waals surface area contributed by atoms with Crippen molar-refractivity contribution in [2.45, 2.75) is 23.0 Å². The summed E-state index contributed by atoms with van der Waals surface area (Å²) in [6.07, 6.45) is 0.897. The van der Waals surface area contributed by atoms with E-state index in [2.05, 4.69) is 37.2 Å². The van der Waals surface area contributed by atoms with Crippen LogP contribution >= 0.6 is 43.5 Å². The molecule has 2 bridgehead atoms. The van der Waals surface area contributed by atoms with E-state index in [9.17, 15) is 14.4 Å². The molecule has 8 heteroatoms. The maximum atomic E-state index is 13.1. The number of hydrogen-bond donors (Lipinski definition) is 1. The molecule has 160 valence electrons.